The van der Waals surface area contributed by atoms with E-state index in [0.29, 0.717) is 12.2 Å². The van der Waals surface area contributed by atoms with E-state index in [-0.39, 0.29) is 0 Å². The van der Waals surface area contributed by atoms with Gasteiger partial charge in [-0.3, -0.25) is 0 Å². The van der Waals surface area contributed by atoms with Crippen LogP contribution in [0.25, 0.3) is 0 Å². The molecule has 0 aliphatic carbocycles. The topological polar surface area (TPSA) is 29.5 Å². The third-order valence-electron chi connectivity index (χ3n) is 2.53. The highest BCUT2D eigenvalue weighted by Crippen LogP contribution is 2.37. The van der Waals surface area contributed by atoms with E-state index in [2.05, 4.69) is 0 Å². The second-order valence-electron chi connectivity index (χ2n) is 3.86. The summed E-state index contributed by atoms with van der Waals surface area (Å²) in [6.07, 6.45) is 4.69. The Morgan fingerprint density at radius 2 is 1.80 bits per heavy atom. The monoisotopic (exact) mass is 142 g/mol. The number of hydrogen-bond donors (Lipinski definition) is 1. The fourth-order valence-electron chi connectivity index (χ4n) is 2.14. The van der Waals surface area contributed by atoms with Crippen LogP contribution in [0.5, 0.6) is 0 Å². The zero-order valence-corrected chi connectivity index (χ0v) is 6.34. The normalized spacial score (nSPS) is 53.4. The quantitative estimate of drug-likeness (QED) is 0.548. The van der Waals surface area contributed by atoms with Crippen LogP contribution in [0, 0.1) is 0 Å². The van der Waals surface area contributed by atoms with Crippen molar-refractivity contribution in [1.29, 1.82) is 0 Å². The van der Waals surface area contributed by atoms with Crippen molar-refractivity contribution in [3.8, 4) is 0 Å². The molecule has 0 saturated carbocycles. The summed E-state index contributed by atoms with van der Waals surface area (Å²) in [5.41, 5.74) is -0.440. The highest BCUT2D eigenvalue weighted by atomic mass is 16.5. The molecule has 2 saturated heterocycles. The van der Waals surface area contributed by atoms with E-state index in [1.54, 1.807) is 0 Å². The molecule has 0 aromatic carbocycles. The van der Waals surface area contributed by atoms with Gasteiger partial charge in [-0.15, -0.1) is 0 Å². The molecule has 2 heteroatoms. The van der Waals surface area contributed by atoms with Crippen molar-refractivity contribution in [2.24, 2.45) is 0 Å². The maximum atomic E-state index is 9.68. The Bertz CT molecular complexity index is 128. The van der Waals surface area contributed by atoms with Gasteiger partial charge in [-0.2, -0.15) is 0 Å². The van der Waals surface area contributed by atoms with Gasteiger partial charge in [0.25, 0.3) is 0 Å². The first-order valence-corrected chi connectivity index (χ1v) is 4.04. The van der Waals surface area contributed by atoms with Crippen LogP contribution in [0.4, 0.5) is 0 Å². The lowest BCUT2D eigenvalue weighted by Crippen LogP contribution is -2.38. The van der Waals surface area contributed by atoms with E-state index >= 15 is 0 Å². The smallest absolute Gasteiger partial charge is 0.0669 e. The molecule has 0 amide bonds. The molecular formula is C8H14O2. The molecule has 0 aromatic heterocycles. The van der Waals surface area contributed by atoms with Crippen molar-refractivity contribution in [3.05, 3.63) is 0 Å². The van der Waals surface area contributed by atoms with Gasteiger partial charge in [0.2, 0.25) is 0 Å². The van der Waals surface area contributed by atoms with Gasteiger partial charge < -0.3 is 9.84 Å². The largest absolute Gasteiger partial charge is 0.390 e. The van der Waals surface area contributed by atoms with Gasteiger partial charge >= 0.3 is 0 Å². The first-order valence-electron chi connectivity index (χ1n) is 4.04. The van der Waals surface area contributed by atoms with Crippen LogP contribution in [0.3, 0.4) is 0 Å². The molecule has 58 valence electrons. The minimum Gasteiger partial charge on any atom is -0.390 e. The predicted octanol–water partition coefficient (Wildman–Crippen LogP) is 1.08. The zero-order valence-electron chi connectivity index (χ0n) is 6.34. The minimum absolute atomic E-state index is 0.355. The number of hydrogen-bond acceptors (Lipinski definition) is 2. The molecule has 2 nitrogen and oxygen atoms in total. The maximum absolute atomic E-state index is 9.68. The van der Waals surface area contributed by atoms with Gasteiger partial charge in [-0.25, -0.2) is 0 Å². The summed E-state index contributed by atoms with van der Waals surface area (Å²) >= 11 is 0. The Morgan fingerprint density at radius 3 is 2.30 bits per heavy atom. The van der Waals surface area contributed by atoms with Gasteiger partial charge in [0.1, 0.15) is 0 Å². The highest BCUT2D eigenvalue weighted by molar-refractivity contribution is 4.91. The maximum Gasteiger partial charge on any atom is 0.0669 e. The van der Waals surface area contributed by atoms with Crippen molar-refractivity contribution < 1.29 is 9.84 Å². The third kappa shape index (κ3) is 1.06. The summed E-state index contributed by atoms with van der Waals surface area (Å²) in [4.78, 5) is 0. The van der Waals surface area contributed by atoms with Crippen molar-refractivity contribution >= 4 is 0 Å². The first kappa shape index (κ1) is 6.62. The average molecular weight is 142 g/mol. The van der Waals surface area contributed by atoms with E-state index < -0.39 is 5.60 Å². The Kier molecular flexibility index (Phi) is 1.29. The molecule has 2 rings (SSSR count). The molecule has 2 heterocycles. The summed E-state index contributed by atoms with van der Waals surface area (Å²) < 4.78 is 5.57. The van der Waals surface area contributed by atoms with Gasteiger partial charge in [0, 0.05) is 12.8 Å². The lowest BCUT2D eigenvalue weighted by Gasteiger charge is -2.33. The van der Waals surface area contributed by atoms with Gasteiger partial charge in [0.05, 0.1) is 17.8 Å². The van der Waals surface area contributed by atoms with Gasteiger partial charge in [-0.1, -0.05) is 0 Å². The first-order chi connectivity index (χ1) is 4.66. The Morgan fingerprint density at radius 1 is 1.30 bits per heavy atom. The number of fused-ring (bicyclic) bond motifs is 2. The minimum atomic E-state index is -0.440. The number of rotatable bonds is 0. The van der Waals surface area contributed by atoms with Crippen LogP contribution >= 0.6 is 0 Å². The standard InChI is InChI=1S/C8H14O2/c1-8(9)4-6-2-3-7(5-8)10-6/h6-7,9H,2-5H2,1H3/t6-,7+,8?. The summed E-state index contributed by atoms with van der Waals surface area (Å²) in [7, 11) is 0. The van der Waals surface area contributed by atoms with Gasteiger partial charge in [-0.05, 0) is 19.8 Å². The van der Waals surface area contributed by atoms with E-state index in [9.17, 15) is 5.11 Å². The molecule has 0 spiro atoms. The third-order valence-corrected chi connectivity index (χ3v) is 2.53. The predicted molar refractivity (Wildman–Crippen MR) is 37.8 cm³/mol. The van der Waals surface area contributed by atoms with E-state index in [1.807, 2.05) is 6.92 Å². The van der Waals surface area contributed by atoms with Crippen LogP contribution in [-0.4, -0.2) is 22.9 Å². The fraction of sp³-hybridized carbons (Fsp3) is 1.00. The second kappa shape index (κ2) is 1.95. The van der Waals surface area contributed by atoms with E-state index in [0.717, 1.165) is 25.7 Å². The summed E-state index contributed by atoms with van der Waals surface area (Å²) in [5.74, 6) is 0. The van der Waals surface area contributed by atoms with Crippen LogP contribution < -0.4 is 0 Å². The Balaban J connectivity index is 2.09. The molecule has 2 bridgehead atoms. The summed E-state index contributed by atoms with van der Waals surface area (Å²) in [6, 6.07) is 0. The van der Waals surface area contributed by atoms with E-state index in [4.69, 9.17) is 4.74 Å². The highest BCUT2D eigenvalue weighted by Gasteiger charge is 2.40. The number of aliphatic hydroxyl groups is 1. The van der Waals surface area contributed by atoms with Crippen LogP contribution in [0.1, 0.15) is 32.6 Å². The molecule has 2 fully saturated rings. The van der Waals surface area contributed by atoms with Crippen molar-refractivity contribution in [2.75, 3.05) is 0 Å². The Labute approximate surface area is 61.2 Å². The van der Waals surface area contributed by atoms with Crippen molar-refractivity contribution in [3.63, 3.8) is 0 Å². The molecule has 1 N–H and O–H groups in total. The molecule has 0 radical (unpaired) electrons. The van der Waals surface area contributed by atoms with Crippen LogP contribution in [0.2, 0.25) is 0 Å². The second-order valence-corrected chi connectivity index (χ2v) is 3.86. The lowest BCUT2D eigenvalue weighted by atomic mass is 9.93. The molecule has 2 aliphatic rings. The molecule has 1 unspecified atom stereocenters. The van der Waals surface area contributed by atoms with Crippen LogP contribution in [0.15, 0.2) is 0 Å². The van der Waals surface area contributed by atoms with E-state index in [1.165, 1.54) is 0 Å². The molecule has 3 atom stereocenters. The average Bonchev–Trinajstić information content (AvgIpc) is 2.08. The van der Waals surface area contributed by atoms with Gasteiger partial charge in [0.15, 0.2) is 0 Å². The molecular weight excluding hydrogens is 128 g/mol. The molecule has 0 aromatic rings. The number of ether oxygens (including phenoxy) is 1. The SMILES string of the molecule is CC1(O)C[C@H]2CC[C@@H](C1)O2. The molecule has 2 aliphatic heterocycles. The fourth-order valence-corrected chi connectivity index (χ4v) is 2.14. The van der Waals surface area contributed by atoms with Crippen molar-refractivity contribution in [1.82, 2.24) is 0 Å². The summed E-state index contributed by atoms with van der Waals surface area (Å²) in [5, 5.41) is 9.68. The Hall–Kier alpha value is -0.0800. The summed E-state index contributed by atoms with van der Waals surface area (Å²) in [6.45, 7) is 1.92. The van der Waals surface area contributed by atoms with Crippen LogP contribution in [-0.2, 0) is 4.74 Å². The lowest BCUT2D eigenvalue weighted by molar-refractivity contribution is -0.101. The molecule has 10 heavy (non-hydrogen) atoms. The van der Waals surface area contributed by atoms with Crippen molar-refractivity contribution in [2.45, 2.75) is 50.4 Å². The zero-order chi connectivity index (χ0) is 7.19.